The van der Waals surface area contributed by atoms with Crippen LogP contribution in [0.1, 0.15) is 11.1 Å². The minimum atomic E-state index is -0.450. The van der Waals surface area contributed by atoms with Gasteiger partial charge in [-0.3, -0.25) is 0 Å². The summed E-state index contributed by atoms with van der Waals surface area (Å²) in [4.78, 5) is 16.3. The molecule has 0 atom stereocenters. The molecule has 4 rings (SSSR count). The SMILES string of the molecule is O=C1OC(c2ccccc2)=N/C1=C\c1ccc(Oc2ccccc2)cc1. The smallest absolute Gasteiger partial charge is 0.363 e. The molecule has 0 saturated carbocycles. The number of aliphatic imine (C=N–C) groups is 1. The number of nitrogens with zero attached hydrogens (tertiary/aromatic N) is 1. The fourth-order valence-corrected chi connectivity index (χ4v) is 2.53. The number of rotatable bonds is 4. The Bertz CT molecular complexity index is 975. The van der Waals surface area contributed by atoms with Crippen molar-refractivity contribution in [2.45, 2.75) is 0 Å². The molecule has 0 spiro atoms. The molecule has 1 aliphatic rings. The van der Waals surface area contributed by atoms with Crippen LogP contribution in [0.4, 0.5) is 0 Å². The number of para-hydroxylation sites is 1. The summed E-state index contributed by atoms with van der Waals surface area (Å²) >= 11 is 0. The molecular formula is C22H15NO3. The molecule has 0 aliphatic carbocycles. The average Bonchev–Trinajstić information content (AvgIpc) is 3.05. The number of esters is 1. The van der Waals surface area contributed by atoms with Crippen LogP contribution >= 0.6 is 0 Å². The lowest BCUT2D eigenvalue weighted by atomic mass is 10.2. The largest absolute Gasteiger partial charge is 0.457 e. The van der Waals surface area contributed by atoms with Crippen LogP contribution in [-0.2, 0) is 9.53 Å². The van der Waals surface area contributed by atoms with Crippen LogP contribution in [0.15, 0.2) is 95.6 Å². The molecule has 26 heavy (non-hydrogen) atoms. The molecule has 0 unspecified atom stereocenters. The normalized spacial score (nSPS) is 14.8. The zero-order valence-corrected chi connectivity index (χ0v) is 13.8. The molecule has 0 N–H and O–H groups in total. The fourth-order valence-electron chi connectivity index (χ4n) is 2.53. The number of ether oxygens (including phenoxy) is 2. The van der Waals surface area contributed by atoms with Crippen LogP contribution in [0.3, 0.4) is 0 Å². The van der Waals surface area contributed by atoms with Crippen molar-refractivity contribution in [3.05, 3.63) is 102 Å². The van der Waals surface area contributed by atoms with E-state index in [9.17, 15) is 4.79 Å². The number of carbonyl (C=O) groups is 1. The van der Waals surface area contributed by atoms with Gasteiger partial charge in [0, 0.05) is 5.56 Å². The van der Waals surface area contributed by atoms with Gasteiger partial charge in [0.15, 0.2) is 5.70 Å². The van der Waals surface area contributed by atoms with Crippen molar-refractivity contribution in [1.29, 1.82) is 0 Å². The highest BCUT2D eigenvalue weighted by Crippen LogP contribution is 2.23. The summed E-state index contributed by atoms with van der Waals surface area (Å²) in [7, 11) is 0. The molecule has 0 fully saturated rings. The second-order valence-electron chi connectivity index (χ2n) is 5.69. The Morgan fingerprint density at radius 2 is 1.38 bits per heavy atom. The molecule has 0 amide bonds. The van der Waals surface area contributed by atoms with Crippen molar-refractivity contribution in [1.82, 2.24) is 0 Å². The molecule has 0 radical (unpaired) electrons. The Hall–Kier alpha value is -3.66. The monoisotopic (exact) mass is 341 g/mol. The van der Waals surface area contributed by atoms with Crippen LogP contribution < -0.4 is 4.74 Å². The maximum atomic E-state index is 12.0. The van der Waals surface area contributed by atoms with Gasteiger partial charge in [-0.15, -0.1) is 0 Å². The highest BCUT2D eigenvalue weighted by molar-refractivity contribution is 6.12. The zero-order chi connectivity index (χ0) is 17.8. The van der Waals surface area contributed by atoms with Gasteiger partial charge >= 0.3 is 5.97 Å². The van der Waals surface area contributed by atoms with Gasteiger partial charge in [0.25, 0.3) is 0 Å². The second kappa shape index (κ2) is 7.07. The number of carbonyl (C=O) groups excluding carboxylic acids is 1. The van der Waals surface area contributed by atoms with Crippen molar-refractivity contribution in [3.63, 3.8) is 0 Å². The van der Waals surface area contributed by atoms with Gasteiger partial charge < -0.3 is 9.47 Å². The first-order chi connectivity index (χ1) is 12.8. The summed E-state index contributed by atoms with van der Waals surface area (Å²) in [5.41, 5.74) is 1.90. The van der Waals surface area contributed by atoms with E-state index in [1.165, 1.54) is 0 Å². The minimum absolute atomic E-state index is 0.278. The van der Waals surface area contributed by atoms with Gasteiger partial charge in [-0.05, 0) is 48.0 Å². The lowest BCUT2D eigenvalue weighted by molar-refractivity contribution is -0.129. The molecule has 3 aromatic rings. The van der Waals surface area contributed by atoms with Crippen molar-refractivity contribution in [2.24, 2.45) is 4.99 Å². The van der Waals surface area contributed by atoms with Crippen LogP contribution in [-0.4, -0.2) is 11.9 Å². The number of hydrogen-bond acceptors (Lipinski definition) is 4. The Morgan fingerprint density at radius 1 is 0.769 bits per heavy atom. The van der Waals surface area contributed by atoms with E-state index in [0.717, 1.165) is 22.6 Å². The summed E-state index contributed by atoms with van der Waals surface area (Å²) in [5, 5.41) is 0. The van der Waals surface area contributed by atoms with E-state index in [1.54, 1.807) is 6.08 Å². The molecule has 4 heteroatoms. The van der Waals surface area contributed by atoms with E-state index in [-0.39, 0.29) is 5.70 Å². The predicted octanol–water partition coefficient (Wildman–Crippen LogP) is 4.82. The minimum Gasteiger partial charge on any atom is -0.457 e. The van der Waals surface area contributed by atoms with E-state index in [1.807, 2.05) is 84.9 Å². The second-order valence-corrected chi connectivity index (χ2v) is 5.69. The third-order valence-corrected chi connectivity index (χ3v) is 3.80. The third kappa shape index (κ3) is 3.54. The lowest BCUT2D eigenvalue weighted by Crippen LogP contribution is -2.04. The van der Waals surface area contributed by atoms with Gasteiger partial charge in [-0.25, -0.2) is 9.79 Å². The Labute approximate surface area is 151 Å². The summed E-state index contributed by atoms with van der Waals surface area (Å²) in [6.45, 7) is 0. The van der Waals surface area contributed by atoms with Crippen molar-refractivity contribution in [2.75, 3.05) is 0 Å². The van der Waals surface area contributed by atoms with Gasteiger partial charge in [0.2, 0.25) is 5.90 Å². The van der Waals surface area contributed by atoms with E-state index in [2.05, 4.69) is 4.99 Å². The van der Waals surface area contributed by atoms with E-state index >= 15 is 0 Å². The van der Waals surface area contributed by atoms with Gasteiger partial charge in [0.1, 0.15) is 11.5 Å². The fraction of sp³-hybridized carbons (Fsp3) is 0. The lowest BCUT2D eigenvalue weighted by Gasteiger charge is -2.05. The van der Waals surface area contributed by atoms with Crippen LogP contribution in [0.25, 0.3) is 6.08 Å². The number of cyclic esters (lactones) is 1. The zero-order valence-electron chi connectivity index (χ0n) is 13.8. The Morgan fingerprint density at radius 3 is 2.08 bits per heavy atom. The topological polar surface area (TPSA) is 47.9 Å². The Kier molecular flexibility index (Phi) is 4.31. The van der Waals surface area contributed by atoms with Crippen LogP contribution in [0, 0.1) is 0 Å². The molecule has 0 saturated heterocycles. The Balaban J connectivity index is 1.53. The molecule has 0 bridgehead atoms. The quantitative estimate of drug-likeness (QED) is 0.505. The highest BCUT2D eigenvalue weighted by Gasteiger charge is 2.23. The number of hydrogen-bond donors (Lipinski definition) is 0. The van der Waals surface area contributed by atoms with Crippen LogP contribution in [0.2, 0.25) is 0 Å². The summed E-state index contributed by atoms with van der Waals surface area (Å²) in [6, 6.07) is 26.3. The molecule has 4 nitrogen and oxygen atoms in total. The first-order valence-electron chi connectivity index (χ1n) is 8.19. The molecular weight excluding hydrogens is 326 g/mol. The van der Waals surface area contributed by atoms with Gasteiger partial charge in [-0.2, -0.15) is 0 Å². The molecule has 0 aromatic heterocycles. The first kappa shape index (κ1) is 15.8. The molecule has 1 aliphatic heterocycles. The van der Waals surface area contributed by atoms with Gasteiger partial charge in [-0.1, -0.05) is 48.5 Å². The third-order valence-electron chi connectivity index (χ3n) is 3.80. The van der Waals surface area contributed by atoms with E-state index in [4.69, 9.17) is 9.47 Å². The van der Waals surface area contributed by atoms with Crippen molar-refractivity contribution in [3.8, 4) is 11.5 Å². The van der Waals surface area contributed by atoms with Gasteiger partial charge in [0.05, 0.1) is 0 Å². The van der Waals surface area contributed by atoms with E-state index in [0.29, 0.717) is 5.90 Å². The first-order valence-corrected chi connectivity index (χ1v) is 8.19. The molecule has 126 valence electrons. The van der Waals surface area contributed by atoms with Crippen LogP contribution in [0.5, 0.6) is 11.5 Å². The van der Waals surface area contributed by atoms with Crippen molar-refractivity contribution < 1.29 is 14.3 Å². The summed E-state index contributed by atoms with van der Waals surface area (Å²) in [6.07, 6.45) is 1.70. The predicted molar refractivity (Wildman–Crippen MR) is 100 cm³/mol. The highest BCUT2D eigenvalue weighted by atomic mass is 16.6. The van der Waals surface area contributed by atoms with Crippen molar-refractivity contribution >= 4 is 17.9 Å². The maximum Gasteiger partial charge on any atom is 0.363 e. The molecule has 3 aromatic carbocycles. The maximum absolute atomic E-state index is 12.0. The standard InChI is InChI=1S/C22H15NO3/c24-22-20(23-21(26-22)17-7-3-1-4-8-17)15-16-11-13-19(14-12-16)25-18-9-5-2-6-10-18/h1-15H/b20-15-. The molecule has 1 heterocycles. The summed E-state index contributed by atoms with van der Waals surface area (Å²) < 4.78 is 11.0. The average molecular weight is 341 g/mol. The van der Waals surface area contributed by atoms with E-state index < -0.39 is 5.97 Å². The summed E-state index contributed by atoms with van der Waals surface area (Å²) in [5.74, 6) is 1.37. The number of benzene rings is 3.